The molecule has 0 saturated carbocycles. The van der Waals surface area contributed by atoms with Gasteiger partial charge in [0.25, 0.3) is 11.8 Å². The molecule has 3 nitrogen and oxygen atoms in total. The lowest BCUT2D eigenvalue weighted by molar-refractivity contribution is 0.0627. The van der Waals surface area contributed by atoms with Crippen LogP contribution in [0.25, 0.3) is 0 Å². The van der Waals surface area contributed by atoms with Crippen LogP contribution in [0.5, 0.6) is 0 Å². The minimum atomic E-state index is -0.173. The third-order valence-corrected chi connectivity index (χ3v) is 3.58. The van der Waals surface area contributed by atoms with Gasteiger partial charge in [0.1, 0.15) is 0 Å². The van der Waals surface area contributed by atoms with Gasteiger partial charge in [-0.15, -0.1) is 0 Å². The molecule has 0 spiro atoms. The zero-order valence-electron chi connectivity index (χ0n) is 11.4. The highest BCUT2D eigenvalue weighted by molar-refractivity contribution is 6.21. The summed E-state index contributed by atoms with van der Waals surface area (Å²) in [5, 5.41) is 0. The first-order valence-corrected chi connectivity index (χ1v) is 6.69. The zero-order chi connectivity index (χ0) is 14.0. The van der Waals surface area contributed by atoms with Gasteiger partial charge in [-0.05, 0) is 24.5 Å². The number of carbonyl (C=O) groups excluding carboxylic acids is 2. The normalized spacial score (nSPS) is 17.5. The average Bonchev–Trinajstić information content (AvgIpc) is 2.64. The molecule has 2 unspecified atom stereocenters. The number of benzene rings is 1. The lowest BCUT2D eigenvalue weighted by atomic mass is 9.86. The fourth-order valence-electron chi connectivity index (χ4n) is 2.57. The minimum absolute atomic E-state index is 0.173. The fraction of sp³-hybridized carbons (Fsp3) is 0.467. The van der Waals surface area contributed by atoms with Crippen molar-refractivity contribution in [3.05, 3.63) is 35.4 Å². The predicted molar refractivity (Wildman–Crippen MR) is 75.3 cm³/mol. The van der Waals surface area contributed by atoms with Crippen LogP contribution in [0.15, 0.2) is 24.3 Å². The first-order chi connectivity index (χ1) is 9.04. The van der Waals surface area contributed by atoms with Gasteiger partial charge in [0.05, 0.1) is 19.0 Å². The van der Waals surface area contributed by atoms with Gasteiger partial charge in [-0.25, -0.2) is 0 Å². The third-order valence-electron chi connectivity index (χ3n) is 3.58. The molecule has 0 aromatic heterocycles. The molecule has 0 N–H and O–H groups in total. The summed E-state index contributed by atoms with van der Waals surface area (Å²) in [6.07, 6.45) is 1.55. The number of rotatable bonds is 5. The molecule has 2 rings (SSSR count). The molecule has 1 heterocycles. The second-order valence-electron chi connectivity index (χ2n) is 5.45. The number of carbonyl (C=O) groups is 2. The van der Waals surface area contributed by atoms with Crippen LogP contribution in [0.1, 0.15) is 41.0 Å². The molecule has 2 radical (unpaired) electrons. The molecule has 0 aliphatic carbocycles. The third kappa shape index (κ3) is 2.72. The van der Waals surface area contributed by atoms with E-state index in [0.29, 0.717) is 29.9 Å². The fourth-order valence-corrected chi connectivity index (χ4v) is 2.57. The van der Waals surface area contributed by atoms with Gasteiger partial charge in [-0.1, -0.05) is 38.2 Å². The van der Waals surface area contributed by atoms with E-state index >= 15 is 0 Å². The standard InChI is InChI=1S/C15H18BNO2/c1-10(8-16)7-11(2)9-17-14(18)12-5-3-4-6-13(12)15(17)19/h3-6,10-11H,7-9H2,1-2H3. The summed E-state index contributed by atoms with van der Waals surface area (Å²) in [5.74, 6) is 0.326. The van der Waals surface area contributed by atoms with Crippen molar-refractivity contribution in [2.75, 3.05) is 6.54 Å². The van der Waals surface area contributed by atoms with E-state index in [1.165, 1.54) is 4.90 Å². The Bertz CT molecular complexity index is 466. The first-order valence-electron chi connectivity index (χ1n) is 6.69. The minimum Gasteiger partial charge on any atom is -0.274 e. The number of hydrogen-bond acceptors (Lipinski definition) is 2. The highest BCUT2D eigenvalue weighted by atomic mass is 16.2. The maximum Gasteiger partial charge on any atom is 0.261 e. The molecule has 0 saturated heterocycles. The number of fused-ring (bicyclic) bond motifs is 1. The quantitative estimate of drug-likeness (QED) is 0.599. The van der Waals surface area contributed by atoms with Crippen LogP contribution >= 0.6 is 0 Å². The van der Waals surface area contributed by atoms with Crippen LogP contribution < -0.4 is 0 Å². The Labute approximate surface area is 115 Å². The Balaban J connectivity index is 2.08. The van der Waals surface area contributed by atoms with Crippen molar-refractivity contribution in [1.29, 1.82) is 0 Å². The van der Waals surface area contributed by atoms with Crippen molar-refractivity contribution in [1.82, 2.24) is 4.90 Å². The predicted octanol–water partition coefficient (Wildman–Crippen LogP) is 2.53. The van der Waals surface area contributed by atoms with Crippen molar-refractivity contribution < 1.29 is 9.59 Å². The number of nitrogens with zero attached hydrogens (tertiary/aromatic N) is 1. The Kier molecular flexibility index (Phi) is 4.08. The maximum absolute atomic E-state index is 12.2. The molecule has 2 atom stereocenters. The van der Waals surface area contributed by atoms with Crippen molar-refractivity contribution in [3.8, 4) is 0 Å². The Morgan fingerprint density at radius 1 is 1.05 bits per heavy atom. The lowest BCUT2D eigenvalue weighted by Crippen LogP contribution is -2.34. The summed E-state index contributed by atoms with van der Waals surface area (Å²) in [6, 6.07) is 6.99. The van der Waals surface area contributed by atoms with Crippen LogP contribution in [-0.4, -0.2) is 31.1 Å². The monoisotopic (exact) mass is 255 g/mol. The Morgan fingerprint density at radius 2 is 1.58 bits per heavy atom. The van der Waals surface area contributed by atoms with Crippen LogP contribution in [-0.2, 0) is 0 Å². The highest BCUT2D eigenvalue weighted by Gasteiger charge is 2.35. The van der Waals surface area contributed by atoms with Gasteiger partial charge in [0.2, 0.25) is 0 Å². The summed E-state index contributed by atoms with van der Waals surface area (Å²) in [4.78, 5) is 25.7. The molecule has 1 aliphatic rings. The molecule has 1 aliphatic heterocycles. The molecular weight excluding hydrogens is 237 g/mol. The van der Waals surface area contributed by atoms with Crippen molar-refractivity contribution >= 4 is 19.7 Å². The Hall–Kier alpha value is -1.58. The van der Waals surface area contributed by atoms with Crippen LogP contribution in [0, 0.1) is 11.8 Å². The van der Waals surface area contributed by atoms with E-state index in [1.807, 2.05) is 0 Å². The maximum atomic E-state index is 12.2. The van der Waals surface area contributed by atoms with Gasteiger partial charge in [-0.2, -0.15) is 0 Å². The molecular formula is C15H18BNO2. The van der Waals surface area contributed by atoms with Crippen molar-refractivity contribution in [2.24, 2.45) is 11.8 Å². The van der Waals surface area contributed by atoms with Crippen LogP contribution in [0.2, 0.25) is 6.32 Å². The zero-order valence-corrected chi connectivity index (χ0v) is 11.4. The molecule has 2 amide bonds. The molecule has 1 aromatic carbocycles. The van der Waals surface area contributed by atoms with Crippen LogP contribution in [0.3, 0.4) is 0 Å². The van der Waals surface area contributed by atoms with E-state index in [2.05, 4.69) is 13.8 Å². The van der Waals surface area contributed by atoms with Gasteiger partial charge in [-0.3, -0.25) is 14.5 Å². The molecule has 1 aromatic rings. The first kappa shape index (κ1) is 13.8. The average molecular weight is 255 g/mol. The van der Waals surface area contributed by atoms with Crippen LogP contribution in [0.4, 0.5) is 0 Å². The van der Waals surface area contributed by atoms with Crippen molar-refractivity contribution in [2.45, 2.75) is 26.6 Å². The lowest BCUT2D eigenvalue weighted by Gasteiger charge is -2.21. The van der Waals surface area contributed by atoms with E-state index in [4.69, 9.17) is 7.85 Å². The van der Waals surface area contributed by atoms with Crippen molar-refractivity contribution in [3.63, 3.8) is 0 Å². The van der Waals surface area contributed by atoms with Gasteiger partial charge < -0.3 is 0 Å². The topological polar surface area (TPSA) is 37.4 Å². The Morgan fingerprint density at radius 3 is 2.05 bits per heavy atom. The number of hydrogen-bond donors (Lipinski definition) is 0. The SMILES string of the molecule is [B]CC(C)CC(C)CN1C(=O)c2ccccc2C1=O. The molecule has 0 fully saturated rings. The summed E-state index contributed by atoms with van der Waals surface area (Å²) >= 11 is 0. The van der Waals surface area contributed by atoms with Gasteiger partial charge >= 0.3 is 0 Å². The summed E-state index contributed by atoms with van der Waals surface area (Å²) in [7, 11) is 5.60. The summed E-state index contributed by atoms with van der Waals surface area (Å²) in [6.45, 7) is 4.60. The van der Waals surface area contributed by atoms with E-state index < -0.39 is 0 Å². The van der Waals surface area contributed by atoms with E-state index in [-0.39, 0.29) is 17.7 Å². The summed E-state index contributed by atoms with van der Waals surface area (Å²) in [5.41, 5.74) is 1.04. The smallest absolute Gasteiger partial charge is 0.261 e. The highest BCUT2D eigenvalue weighted by Crippen LogP contribution is 2.25. The van der Waals surface area contributed by atoms with E-state index in [1.54, 1.807) is 24.3 Å². The second-order valence-corrected chi connectivity index (χ2v) is 5.45. The summed E-state index contributed by atoms with van der Waals surface area (Å²) < 4.78 is 0. The molecule has 98 valence electrons. The second kappa shape index (κ2) is 5.60. The van der Waals surface area contributed by atoms with E-state index in [0.717, 1.165) is 6.42 Å². The molecule has 4 heteroatoms. The van der Waals surface area contributed by atoms with Gasteiger partial charge in [0.15, 0.2) is 0 Å². The number of imide groups is 1. The van der Waals surface area contributed by atoms with Gasteiger partial charge in [0, 0.05) is 6.54 Å². The number of amides is 2. The molecule has 0 bridgehead atoms. The van der Waals surface area contributed by atoms with E-state index in [9.17, 15) is 9.59 Å². The molecule has 19 heavy (non-hydrogen) atoms. The largest absolute Gasteiger partial charge is 0.274 e.